The highest BCUT2D eigenvalue weighted by atomic mass is 79.9. The molecule has 5 nitrogen and oxygen atoms in total. The lowest BCUT2D eigenvalue weighted by Crippen LogP contribution is -2.18. The number of amides is 1. The lowest BCUT2D eigenvalue weighted by molar-refractivity contribution is -0.115. The molecular weight excluding hydrogens is 418 g/mol. The Morgan fingerprint density at radius 2 is 1.93 bits per heavy atom. The zero-order valence-corrected chi connectivity index (χ0v) is 17.3. The summed E-state index contributed by atoms with van der Waals surface area (Å²) >= 11 is 3.55. The summed E-state index contributed by atoms with van der Waals surface area (Å²) in [6.45, 7) is 4.68. The van der Waals surface area contributed by atoms with Crippen molar-refractivity contribution in [3.8, 4) is 0 Å². The molecular formula is C22H20BrN3O2. The van der Waals surface area contributed by atoms with Gasteiger partial charge in [-0.05, 0) is 48.7 Å². The summed E-state index contributed by atoms with van der Waals surface area (Å²) in [4.78, 5) is 12.6. The first kappa shape index (κ1) is 18.5. The third-order valence-electron chi connectivity index (χ3n) is 4.88. The molecule has 0 fully saturated rings. The van der Waals surface area contributed by atoms with E-state index in [0.29, 0.717) is 12.4 Å². The molecule has 0 aliphatic heterocycles. The first-order valence-electron chi connectivity index (χ1n) is 9.03. The normalized spacial score (nSPS) is 11.1. The van der Waals surface area contributed by atoms with E-state index in [1.165, 1.54) is 11.1 Å². The second-order valence-electron chi connectivity index (χ2n) is 6.88. The Hall–Kier alpha value is -2.86. The van der Waals surface area contributed by atoms with Crippen molar-refractivity contribution >= 4 is 38.6 Å². The monoisotopic (exact) mass is 437 g/mol. The summed E-state index contributed by atoms with van der Waals surface area (Å²) in [5.41, 5.74) is 5.14. The van der Waals surface area contributed by atoms with Crippen LogP contribution in [0.2, 0.25) is 0 Å². The predicted molar refractivity (Wildman–Crippen MR) is 113 cm³/mol. The van der Waals surface area contributed by atoms with Gasteiger partial charge in [0.1, 0.15) is 11.4 Å². The number of carbonyl (C=O) groups excluding carboxylic acids is 1. The number of furan rings is 1. The minimum Gasteiger partial charge on any atom is -0.464 e. The Bertz CT molecular complexity index is 1160. The number of nitrogens with one attached hydrogen (secondary N) is 1. The fourth-order valence-corrected chi connectivity index (χ4v) is 3.60. The summed E-state index contributed by atoms with van der Waals surface area (Å²) in [5.74, 6) is 0.565. The van der Waals surface area contributed by atoms with Crippen molar-refractivity contribution in [3.05, 3.63) is 81.7 Å². The van der Waals surface area contributed by atoms with Crippen LogP contribution in [0.1, 0.15) is 22.3 Å². The van der Waals surface area contributed by atoms with E-state index in [0.717, 1.165) is 26.6 Å². The average molecular weight is 438 g/mol. The first-order chi connectivity index (χ1) is 13.5. The molecule has 2 aromatic heterocycles. The molecule has 4 aromatic rings. The van der Waals surface area contributed by atoms with E-state index in [2.05, 4.69) is 46.3 Å². The standard InChI is InChI=1S/C22H20BrN3O2/c1-14-9-18-17(13-28-20(18)10-15(14)2)11-22(27)25-21-7-8-24-26(21)12-16-5-3-4-6-19(16)23/h3-10,13H,11-12H2,1-2H3,(H,25,27). The third kappa shape index (κ3) is 3.73. The van der Waals surface area contributed by atoms with Crippen molar-refractivity contribution in [2.45, 2.75) is 26.8 Å². The molecule has 0 aliphatic carbocycles. The van der Waals surface area contributed by atoms with Crippen LogP contribution in [0.25, 0.3) is 11.0 Å². The maximum atomic E-state index is 12.6. The Morgan fingerprint density at radius 3 is 2.75 bits per heavy atom. The molecule has 0 unspecified atom stereocenters. The number of hydrogen-bond acceptors (Lipinski definition) is 3. The highest BCUT2D eigenvalue weighted by Gasteiger charge is 2.14. The van der Waals surface area contributed by atoms with Crippen molar-refractivity contribution in [2.24, 2.45) is 0 Å². The van der Waals surface area contributed by atoms with E-state index in [4.69, 9.17) is 4.42 Å². The van der Waals surface area contributed by atoms with E-state index in [9.17, 15) is 4.79 Å². The van der Waals surface area contributed by atoms with E-state index < -0.39 is 0 Å². The molecule has 142 valence electrons. The highest BCUT2D eigenvalue weighted by Crippen LogP contribution is 2.25. The van der Waals surface area contributed by atoms with Gasteiger partial charge in [0.05, 0.1) is 25.4 Å². The van der Waals surface area contributed by atoms with E-state index in [1.54, 1.807) is 23.2 Å². The highest BCUT2D eigenvalue weighted by molar-refractivity contribution is 9.10. The van der Waals surface area contributed by atoms with Crippen LogP contribution in [0.15, 0.2) is 63.8 Å². The molecule has 1 N–H and O–H groups in total. The van der Waals surface area contributed by atoms with Crippen LogP contribution in [-0.2, 0) is 17.8 Å². The van der Waals surface area contributed by atoms with Crippen LogP contribution in [-0.4, -0.2) is 15.7 Å². The van der Waals surface area contributed by atoms with E-state index in [-0.39, 0.29) is 12.3 Å². The average Bonchev–Trinajstić information content (AvgIpc) is 3.25. The Labute approximate surface area is 171 Å². The molecule has 2 aromatic carbocycles. The number of carbonyl (C=O) groups is 1. The van der Waals surface area contributed by atoms with Crippen molar-refractivity contribution < 1.29 is 9.21 Å². The van der Waals surface area contributed by atoms with Gasteiger partial charge in [-0.3, -0.25) is 4.79 Å². The lowest BCUT2D eigenvalue weighted by Gasteiger charge is -2.10. The zero-order chi connectivity index (χ0) is 19.7. The Balaban J connectivity index is 1.50. The quantitative estimate of drug-likeness (QED) is 0.464. The minimum absolute atomic E-state index is 0.102. The van der Waals surface area contributed by atoms with E-state index in [1.807, 2.05) is 30.3 Å². The van der Waals surface area contributed by atoms with Gasteiger partial charge in [-0.15, -0.1) is 0 Å². The summed E-state index contributed by atoms with van der Waals surface area (Å²) in [6, 6.07) is 13.9. The summed E-state index contributed by atoms with van der Waals surface area (Å²) in [7, 11) is 0. The minimum atomic E-state index is -0.102. The topological polar surface area (TPSA) is 60.1 Å². The van der Waals surface area contributed by atoms with Crippen LogP contribution < -0.4 is 5.32 Å². The number of benzene rings is 2. The number of anilines is 1. The van der Waals surface area contributed by atoms with Gasteiger partial charge in [0.15, 0.2) is 0 Å². The van der Waals surface area contributed by atoms with Gasteiger partial charge >= 0.3 is 0 Å². The molecule has 2 heterocycles. The van der Waals surface area contributed by atoms with Crippen LogP contribution >= 0.6 is 15.9 Å². The lowest BCUT2D eigenvalue weighted by atomic mass is 10.0. The largest absolute Gasteiger partial charge is 0.464 e. The Kier molecular flexibility index (Phi) is 5.05. The van der Waals surface area contributed by atoms with Gasteiger partial charge in [0.2, 0.25) is 5.91 Å². The molecule has 6 heteroatoms. The van der Waals surface area contributed by atoms with Crippen molar-refractivity contribution in [3.63, 3.8) is 0 Å². The smallest absolute Gasteiger partial charge is 0.230 e. The maximum absolute atomic E-state index is 12.6. The van der Waals surface area contributed by atoms with Gasteiger partial charge in [0.25, 0.3) is 0 Å². The maximum Gasteiger partial charge on any atom is 0.230 e. The summed E-state index contributed by atoms with van der Waals surface area (Å²) in [5, 5.41) is 8.29. The number of halogens is 1. The predicted octanol–water partition coefficient (Wildman–Crippen LogP) is 5.24. The second-order valence-corrected chi connectivity index (χ2v) is 7.74. The van der Waals surface area contributed by atoms with Crippen molar-refractivity contribution in [1.29, 1.82) is 0 Å². The first-order valence-corrected chi connectivity index (χ1v) is 9.83. The summed E-state index contributed by atoms with van der Waals surface area (Å²) in [6.07, 6.45) is 3.60. The number of rotatable bonds is 5. The van der Waals surface area contributed by atoms with Crippen LogP contribution in [0.3, 0.4) is 0 Å². The Morgan fingerprint density at radius 1 is 1.14 bits per heavy atom. The number of fused-ring (bicyclic) bond motifs is 1. The fourth-order valence-electron chi connectivity index (χ4n) is 3.19. The molecule has 0 aliphatic rings. The van der Waals surface area contributed by atoms with E-state index >= 15 is 0 Å². The molecule has 0 saturated heterocycles. The number of aryl methyl sites for hydroxylation is 2. The molecule has 0 spiro atoms. The van der Waals surface area contributed by atoms with Crippen molar-refractivity contribution in [1.82, 2.24) is 9.78 Å². The van der Waals surface area contributed by atoms with Crippen molar-refractivity contribution in [2.75, 3.05) is 5.32 Å². The SMILES string of the molecule is Cc1cc2occ(CC(=O)Nc3ccnn3Cc3ccccc3Br)c2cc1C. The molecule has 0 saturated carbocycles. The molecule has 4 rings (SSSR count). The number of aromatic nitrogens is 2. The van der Waals surface area contributed by atoms with Crippen LogP contribution in [0.4, 0.5) is 5.82 Å². The fraction of sp³-hybridized carbons (Fsp3) is 0.182. The van der Waals surface area contributed by atoms with Gasteiger partial charge in [0, 0.05) is 21.5 Å². The molecule has 1 amide bonds. The molecule has 28 heavy (non-hydrogen) atoms. The van der Waals surface area contributed by atoms with Gasteiger partial charge in [-0.1, -0.05) is 34.1 Å². The van der Waals surface area contributed by atoms with Crippen LogP contribution in [0.5, 0.6) is 0 Å². The third-order valence-corrected chi connectivity index (χ3v) is 5.66. The molecule has 0 radical (unpaired) electrons. The number of hydrogen-bond donors (Lipinski definition) is 1. The van der Waals surface area contributed by atoms with Gasteiger partial charge in [-0.2, -0.15) is 5.10 Å². The molecule has 0 atom stereocenters. The second kappa shape index (κ2) is 7.64. The zero-order valence-electron chi connectivity index (χ0n) is 15.7. The van der Waals surface area contributed by atoms with Gasteiger partial charge in [-0.25, -0.2) is 4.68 Å². The molecule has 0 bridgehead atoms. The van der Waals surface area contributed by atoms with Gasteiger partial charge < -0.3 is 9.73 Å². The number of nitrogens with zero attached hydrogens (tertiary/aromatic N) is 2. The van der Waals surface area contributed by atoms with Crippen LogP contribution in [0, 0.1) is 13.8 Å². The summed E-state index contributed by atoms with van der Waals surface area (Å²) < 4.78 is 8.42.